The number of nitro groups is 1. The summed E-state index contributed by atoms with van der Waals surface area (Å²) in [5, 5.41) is 12.6. The Morgan fingerprint density at radius 2 is 1.95 bits per heavy atom. The molecule has 7 heteroatoms. The summed E-state index contributed by atoms with van der Waals surface area (Å²) >= 11 is 15.1. The Morgan fingerprint density at radius 1 is 1.19 bits per heavy atom. The monoisotopic (exact) mass is 389 g/mol. The van der Waals surface area contributed by atoms with Crippen LogP contribution in [0.3, 0.4) is 0 Å². The third-order valence-electron chi connectivity index (χ3n) is 2.77. The van der Waals surface area contributed by atoms with Crippen LogP contribution in [0.1, 0.15) is 11.1 Å². The van der Waals surface area contributed by atoms with E-state index in [4.69, 9.17) is 27.9 Å². The lowest BCUT2D eigenvalue weighted by atomic mass is 10.2. The van der Waals surface area contributed by atoms with Gasteiger partial charge in [0.15, 0.2) is 5.75 Å². The highest BCUT2D eigenvalue weighted by Gasteiger charge is 2.16. The summed E-state index contributed by atoms with van der Waals surface area (Å²) in [5.41, 5.74) is 1.44. The highest BCUT2D eigenvalue weighted by molar-refractivity contribution is 9.08. The predicted molar refractivity (Wildman–Crippen MR) is 86.5 cm³/mol. The molecule has 2 aromatic carbocycles. The maximum atomic E-state index is 11.1. The number of hydrogen-bond donors (Lipinski definition) is 0. The number of ether oxygens (including phenoxy) is 1. The Bertz CT molecular complexity index is 679. The van der Waals surface area contributed by atoms with Crippen LogP contribution in [0.2, 0.25) is 10.0 Å². The third kappa shape index (κ3) is 4.09. The molecule has 0 saturated heterocycles. The molecule has 0 N–H and O–H groups in total. The second-order valence-corrected chi connectivity index (χ2v) is 5.62. The number of nitrogens with zero attached hydrogens (tertiary/aromatic N) is 1. The van der Waals surface area contributed by atoms with Crippen LogP contribution in [-0.4, -0.2) is 4.92 Å². The van der Waals surface area contributed by atoms with Crippen LogP contribution in [0, 0.1) is 10.1 Å². The first kappa shape index (κ1) is 16.1. The third-order valence-corrected chi connectivity index (χ3v) is 4.01. The van der Waals surface area contributed by atoms with Crippen LogP contribution in [0.5, 0.6) is 5.75 Å². The first-order valence-electron chi connectivity index (χ1n) is 5.91. The first-order chi connectivity index (χ1) is 10.0. The van der Waals surface area contributed by atoms with E-state index in [0.717, 1.165) is 5.56 Å². The summed E-state index contributed by atoms with van der Waals surface area (Å²) < 4.78 is 5.52. The topological polar surface area (TPSA) is 52.4 Å². The van der Waals surface area contributed by atoms with Gasteiger partial charge in [0.05, 0.1) is 4.92 Å². The molecule has 21 heavy (non-hydrogen) atoms. The summed E-state index contributed by atoms with van der Waals surface area (Å²) in [6, 6.07) is 9.84. The van der Waals surface area contributed by atoms with Crippen LogP contribution in [0.4, 0.5) is 5.69 Å². The molecule has 0 aromatic heterocycles. The molecule has 0 aliphatic heterocycles. The second kappa shape index (κ2) is 7.11. The van der Waals surface area contributed by atoms with Gasteiger partial charge >= 0.3 is 5.69 Å². The molecule has 0 heterocycles. The van der Waals surface area contributed by atoms with E-state index >= 15 is 0 Å². The van der Waals surface area contributed by atoms with Gasteiger partial charge < -0.3 is 4.74 Å². The van der Waals surface area contributed by atoms with Gasteiger partial charge in [0.1, 0.15) is 6.61 Å². The fourth-order valence-corrected chi connectivity index (χ4v) is 2.52. The van der Waals surface area contributed by atoms with Crippen molar-refractivity contribution in [1.82, 2.24) is 0 Å². The molecular weight excluding hydrogens is 381 g/mol. The Morgan fingerprint density at radius 3 is 2.57 bits per heavy atom. The first-order valence-corrected chi connectivity index (χ1v) is 7.79. The van der Waals surface area contributed by atoms with Crippen molar-refractivity contribution in [2.75, 3.05) is 0 Å². The molecule has 4 nitrogen and oxygen atoms in total. The van der Waals surface area contributed by atoms with Gasteiger partial charge in [0.2, 0.25) is 0 Å². The van der Waals surface area contributed by atoms with Crippen molar-refractivity contribution in [3.63, 3.8) is 0 Å². The molecule has 2 aromatic rings. The molecule has 0 aliphatic rings. The maximum absolute atomic E-state index is 11.1. The molecule has 0 fully saturated rings. The van der Waals surface area contributed by atoms with Gasteiger partial charge in [-0.25, -0.2) is 0 Å². The molecule has 0 amide bonds. The van der Waals surface area contributed by atoms with E-state index in [9.17, 15) is 10.1 Å². The number of halogens is 3. The number of benzene rings is 2. The van der Waals surface area contributed by atoms with Crippen LogP contribution in [0.25, 0.3) is 0 Å². The molecule has 110 valence electrons. The van der Waals surface area contributed by atoms with Gasteiger partial charge in [-0.05, 0) is 23.8 Å². The van der Waals surface area contributed by atoms with E-state index in [2.05, 4.69) is 15.9 Å². The van der Waals surface area contributed by atoms with Gasteiger partial charge in [-0.1, -0.05) is 51.3 Å². The van der Waals surface area contributed by atoms with Gasteiger partial charge in [0, 0.05) is 27.0 Å². The molecular formula is C14H10BrCl2NO3. The largest absolute Gasteiger partial charge is 0.482 e. The van der Waals surface area contributed by atoms with Crippen molar-refractivity contribution in [3.05, 3.63) is 67.7 Å². The molecule has 0 atom stereocenters. The average molecular weight is 391 g/mol. The summed E-state index contributed by atoms with van der Waals surface area (Å²) in [5.74, 6) is 0.204. The Kier molecular flexibility index (Phi) is 5.45. The highest BCUT2D eigenvalue weighted by atomic mass is 79.9. The zero-order valence-corrected chi connectivity index (χ0v) is 13.8. The summed E-state index contributed by atoms with van der Waals surface area (Å²) in [4.78, 5) is 10.6. The van der Waals surface area contributed by atoms with Gasteiger partial charge in [-0.2, -0.15) is 0 Å². The lowest BCUT2D eigenvalue weighted by Gasteiger charge is -2.09. The molecule has 0 aliphatic carbocycles. The van der Waals surface area contributed by atoms with Crippen molar-refractivity contribution in [2.24, 2.45) is 0 Å². The number of alkyl halides is 1. The SMILES string of the molecule is O=[N+]([O-])c1cc(CBr)ccc1OCc1ccc(Cl)cc1Cl. The molecule has 0 radical (unpaired) electrons. The Hall–Kier alpha value is -1.30. The minimum absolute atomic E-state index is 0.0722. The van der Waals surface area contributed by atoms with E-state index in [1.54, 1.807) is 30.3 Å². The second-order valence-electron chi connectivity index (χ2n) is 4.22. The van der Waals surface area contributed by atoms with Crippen molar-refractivity contribution in [1.29, 1.82) is 0 Å². The smallest absolute Gasteiger partial charge is 0.311 e. The zero-order valence-electron chi connectivity index (χ0n) is 10.7. The van der Waals surface area contributed by atoms with Crippen LogP contribution < -0.4 is 4.74 Å². The summed E-state index contributed by atoms with van der Waals surface area (Å²) in [6.45, 7) is 0.129. The molecule has 0 saturated carbocycles. The van der Waals surface area contributed by atoms with Crippen LogP contribution >= 0.6 is 39.1 Å². The molecule has 0 bridgehead atoms. The fraction of sp³-hybridized carbons (Fsp3) is 0.143. The van der Waals surface area contributed by atoms with Gasteiger partial charge in [0.25, 0.3) is 0 Å². The standard InChI is InChI=1S/C14H10BrCl2NO3/c15-7-9-1-4-14(13(5-9)18(19)20)21-8-10-2-3-11(16)6-12(10)17/h1-6H,7-8H2. The number of nitro benzene ring substituents is 1. The van der Waals surface area contributed by atoms with E-state index in [1.165, 1.54) is 6.07 Å². The van der Waals surface area contributed by atoms with Gasteiger partial charge in [-0.3, -0.25) is 10.1 Å². The number of hydrogen-bond acceptors (Lipinski definition) is 3. The quantitative estimate of drug-likeness (QED) is 0.391. The van der Waals surface area contributed by atoms with Gasteiger partial charge in [-0.15, -0.1) is 0 Å². The van der Waals surface area contributed by atoms with Crippen molar-refractivity contribution >= 4 is 44.8 Å². The minimum Gasteiger partial charge on any atom is -0.482 e. The maximum Gasteiger partial charge on any atom is 0.311 e. The average Bonchev–Trinajstić information content (AvgIpc) is 2.46. The predicted octanol–water partition coefficient (Wildman–Crippen LogP) is 5.38. The zero-order chi connectivity index (χ0) is 15.4. The van der Waals surface area contributed by atoms with E-state index < -0.39 is 4.92 Å². The van der Waals surface area contributed by atoms with Crippen molar-refractivity contribution in [3.8, 4) is 5.75 Å². The summed E-state index contributed by atoms with van der Waals surface area (Å²) in [7, 11) is 0. The molecule has 2 rings (SSSR count). The lowest BCUT2D eigenvalue weighted by molar-refractivity contribution is -0.386. The fourth-order valence-electron chi connectivity index (χ4n) is 1.71. The Balaban J connectivity index is 2.21. The van der Waals surface area contributed by atoms with Crippen molar-refractivity contribution in [2.45, 2.75) is 11.9 Å². The van der Waals surface area contributed by atoms with Crippen LogP contribution in [0.15, 0.2) is 36.4 Å². The Labute approximate surface area is 139 Å². The summed E-state index contributed by atoms with van der Waals surface area (Å²) in [6.07, 6.45) is 0. The highest BCUT2D eigenvalue weighted by Crippen LogP contribution is 2.30. The molecule has 0 spiro atoms. The van der Waals surface area contributed by atoms with E-state index in [1.807, 2.05) is 0 Å². The lowest BCUT2D eigenvalue weighted by Crippen LogP contribution is -2.00. The van der Waals surface area contributed by atoms with E-state index in [-0.39, 0.29) is 18.0 Å². The minimum atomic E-state index is -0.467. The normalized spacial score (nSPS) is 10.4. The number of rotatable bonds is 5. The van der Waals surface area contributed by atoms with E-state index in [0.29, 0.717) is 20.9 Å². The van der Waals surface area contributed by atoms with Crippen LogP contribution in [-0.2, 0) is 11.9 Å². The molecule has 0 unspecified atom stereocenters. The van der Waals surface area contributed by atoms with Crippen molar-refractivity contribution < 1.29 is 9.66 Å².